The zero-order valence-corrected chi connectivity index (χ0v) is 8.47. The Morgan fingerprint density at radius 3 is 2.38 bits per heavy atom. The molecule has 13 heavy (non-hydrogen) atoms. The first kappa shape index (κ1) is 8.79. The van der Waals surface area contributed by atoms with Gasteiger partial charge in [0.25, 0.3) is 0 Å². The first-order valence-electron chi connectivity index (χ1n) is 5.19. The van der Waals surface area contributed by atoms with Crippen molar-refractivity contribution in [3.05, 3.63) is 11.3 Å². The zero-order chi connectivity index (χ0) is 9.42. The number of rotatable bonds is 1. The number of hydrogen-bond acceptors (Lipinski definition) is 2. The van der Waals surface area contributed by atoms with E-state index in [2.05, 4.69) is 18.7 Å². The Hall–Kier alpha value is -0.790. The minimum Gasteiger partial charge on any atom is -0.369 e. The summed E-state index contributed by atoms with van der Waals surface area (Å²) >= 11 is 0. The van der Waals surface area contributed by atoms with Gasteiger partial charge in [0.05, 0.1) is 5.70 Å². The molecule has 0 N–H and O–H groups in total. The van der Waals surface area contributed by atoms with Crippen LogP contribution in [0.5, 0.6) is 0 Å². The second-order valence-corrected chi connectivity index (χ2v) is 4.25. The lowest BCUT2D eigenvalue weighted by molar-refractivity contribution is -0.116. The summed E-state index contributed by atoms with van der Waals surface area (Å²) in [5.74, 6) is 0.843. The quantitative estimate of drug-likeness (QED) is 0.613. The van der Waals surface area contributed by atoms with Crippen molar-refractivity contribution in [1.82, 2.24) is 4.90 Å². The van der Waals surface area contributed by atoms with Gasteiger partial charge in [-0.1, -0.05) is 6.92 Å². The minimum atomic E-state index is 0.368. The van der Waals surface area contributed by atoms with Crippen LogP contribution in [0.2, 0.25) is 0 Å². The van der Waals surface area contributed by atoms with Gasteiger partial charge in [0, 0.05) is 19.5 Å². The van der Waals surface area contributed by atoms with Crippen LogP contribution in [-0.4, -0.2) is 23.8 Å². The monoisotopic (exact) mass is 179 g/mol. The van der Waals surface area contributed by atoms with Crippen molar-refractivity contribution in [1.29, 1.82) is 0 Å². The summed E-state index contributed by atoms with van der Waals surface area (Å²) in [6, 6.07) is 0. The van der Waals surface area contributed by atoms with E-state index in [-0.39, 0.29) is 0 Å². The van der Waals surface area contributed by atoms with Crippen molar-refractivity contribution in [2.75, 3.05) is 13.1 Å². The summed E-state index contributed by atoms with van der Waals surface area (Å²) in [4.78, 5) is 14.0. The molecular formula is C11H17NO. The Balaban J connectivity index is 2.24. The molecule has 0 spiro atoms. The highest BCUT2D eigenvalue weighted by molar-refractivity contribution is 5.98. The molecule has 1 atom stereocenters. The predicted octanol–water partition coefficient (Wildman–Crippen LogP) is 1.97. The highest BCUT2D eigenvalue weighted by Gasteiger charge is 2.31. The van der Waals surface area contributed by atoms with Crippen LogP contribution >= 0.6 is 0 Å². The van der Waals surface area contributed by atoms with Crippen molar-refractivity contribution >= 4 is 5.78 Å². The van der Waals surface area contributed by atoms with Gasteiger partial charge in [0.2, 0.25) is 0 Å². The van der Waals surface area contributed by atoms with Crippen LogP contribution < -0.4 is 0 Å². The van der Waals surface area contributed by atoms with Crippen molar-refractivity contribution in [2.45, 2.75) is 33.1 Å². The van der Waals surface area contributed by atoms with Gasteiger partial charge >= 0.3 is 0 Å². The van der Waals surface area contributed by atoms with E-state index in [0.29, 0.717) is 11.7 Å². The summed E-state index contributed by atoms with van der Waals surface area (Å²) in [5.41, 5.74) is 2.36. The number of nitrogens with zero attached hydrogens (tertiary/aromatic N) is 1. The Kier molecular flexibility index (Phi) is 2.14. The van der Waals surface area contributed by atoms with E-state index < -0.39 is 0 Å². The highest BCUT2D eigenvalue weighted by Crippen LogP contribution is 2.32. The fourth-order valence-corrected chi connectivity index (χ4v) is 2.35. The van der Waals surface area contributed by atoms with Gasteiger partial charge in [-0.05, 0) is 31.3 Å². The van der Waals surface area contributed by atoms with Crippen LogP contribution in [-0.2, 0) is 4.79 Å². The van der Waals surface area contributed by atoms with Crippen LogP contribution in [0.1, 0.15) is 33.1 Å². The first-order chi connectivity index (χ1) is 6.20. The molecule has 2 rings (SSSR count). The Labute approximate surface area is 79.6 Å². The van der Waals surface area contributed by atoms with Gasteiger partial charge in [-0.25, -0.2) is 0 Å². The summed E-state index contributed by atoms with van der Waals surface area (Å²) in [7, 11) is 0. The largest absolute Gasteiger partial charge is 0.369 e. The molecule has 2 nitrogen and oxygen atoms in total. The molecule has 0 amide bonds. The molecule has 2 heteroatoms. The average Bonchev–Trinajstić information content (AvgIpc) is 2.63. The van der Waals surface area contributed by atoms with Crippen molar-refractivity contribution in [3.8, 4) is 0 Å². The van der Waals surface area contributed by atoms with E-state index in [1.807, 2.05) is 0 Å². The van der Waals surface area contributed by atoms with E-state index in [9.17, 15) is 4.79 Å². The maximum Gasteiger partial charge on any atom is 0.179 e. The van der Waals surface area contributed by atoms with Gasteiger partial charge in [-0.15, -0.1) is 0 Å². The molecule has 0 aromatic carbocycles. The Morgan fingerprint density at radius 1 is 1.31 bits per heavy atom. The lowest BCUT2D eigenvalue weighted by Gasteiger charge is -2.19. The molecule has 1 saturated heterocycles. The molecule has 0 aromatic rings. The third-order valence-corrected chi connectivity index (χ3v) is 3.29. The molecule has 1 fully saturated rings. The van der Waals surface area contributed by atoms with Crippen molar-refractivity contribution < 1.29 is 4.79 Å². The van der Waals surface area contributed by atoms with E-state index in [4.69, 9.17) is 0 Å². The van der Waals surface area contributed by atoms with Crippen LogP contribution in [0.15, 0.2) is 11.3 Å². The van der Waals surface area contributed by atoms with Crippen LogP contribution in [0.25, 0.3) is 0 Å². The van der Waals surface area contributed by atoms with Crippen LogP contribution in [0.3, 0.4) is 0 Å². The van der Waals surface area contributed by atoms with E-state index in [1.165, 1.54) is 18.4 Å². The predicted molar refractivity (Wildman–Crippen MR) is 52.3 cm³/mol. The SMILES string of the molecule is CC1=C(N2CCCC2)C(=O)CC1C. The second kappa shape index (κ2) is 3.17. The molecule has 0 aromatic heterocycles. The number of hydrogen-bond donors (Lipinski definition) is 0. The fraction of sp³-hybridized carbons (Fsp3) is 0.727. The number of Topliss-reactive ketones (excluding diaryl/α,β-unsaturated/α-hetero) is 1. The van der Waals surface area contributed by atoms with E-state index >= 15 is 0 Å². The van der Waals surface area contributed by atoms with Gasteiger partial charge in [0.15, 0.2) is 5.78 Å². The standard InChI is InChI=1S/C11H17NO/c1-8-7-10(13)11(9(8)2)12-5-3-4-6-12/h8H,3-7H2,1-2H3. The smallest absolute Gasteiger partial charge is 0.179 e. The maximum absolute atomic E-state index is 11.7. The molecule has 1 aliphatic carbocycles. The summed E-state index contributed by atoms with van der Waals surface area (Å²) < 4.78 is 0. The number of likely N-dealkylation sites (tertiary alicyclic amines) is 1. The number of carbonyl (C=O) groups excluding carboxylic acids is 1. The first-order valence-corrected chi connectivity index (χ1v) is 5.19. The normalized spacial score (nSPS) is 29.2. The molecule has 0 saturated carbocycles. The molecule has 0 radical (unpaired) electrons. The van der Waals surface area contributed by atoms with Crippen LogP contribution in [0, 0.1) is 5.92 Å². The average molecular weight is 179 g/mol. The van der Waals surface area contributed by atoms with Gasteiger partial charge in [0.1, 0.15) is 0 Å². The zero-order valence-electron chi connectivity index (χ0n) is 8.47. The molecule has 2 aliphatic rings. The topological polar surface area (TPSA) is 20.3 Å². The van der Waals surface area contributed by atoms with Gasteiger partial charge < -0.3 is 4.90 Å². The molecule has 0 bridgehead atoms. The fourth-order valence-electron chi connectivity index (χ4n) is 2.35. The second-order valence-electron chi connectivity index (χ2n) is 4.25. The maximum atomic E-state index is 11.7. The van der Waals surface area contributed by atoms with Gasteiger partial charge in [-0.2, -0.15) is 0 Å². The number of carbonyl (C=O) groups is 1. The lowest BCUT2D eigenvalue weighted by atomic mass is 10.1. The third-order valence-electron chi connectivity index (χ3n) is 3.29. The molecule has 1 aliphatic heterocycles. The Bertz CT molecular complexity index is 261. The number of allylic oxidation sites excluding steroid dienone is 2. The van der Waals surface area contributed by atoms with Gasteiger partial charge in [-0.3, -0.25) is 4.79 Å². The number of ketones is 1. The summed E-state index contributed by atoms with van der Waals surface area (Å²) in [5, 5.41) is 0. The molecule has 1 unspecified atom stereocenters. The van der Waals surface area contributed by atoms with Crippen molar-refractivity contribution in [3.63, 3.8) is 0 Å². The highest BCUT2D eigenvalue weighted by atomic mass is 16.1. The van der Waals surface area contributed by atoms with E-state index in [0.717, 1.165) is 25.2 Å². The summed E-state index contributed by atoms with van der Waals surface area (Å²) in [6.45, 7) is 6.44. The lowest BCUT2D eigenvalue weighted by Crippen LogP contribution is -2.22. The van der Waals surface area contributed by atoms with Crippen molar-refractivity contribution in [2.24, 2.45) is 5.92 Å². The molecular weight excluding hydrogens is 162 g/mol. The Morgan fingerprint density at radius 2 is 1.92 bits per heavy atom. The van der Waals surface area contributed by atoms with E-state index in [1.54, 1.807) is 0 Å². The molecule has 72 valence electrons. The third kappa shape index (κ3) is 1.38. The molecule has 1 heterocycles. The summed E-state index contributed by atoms with van der Waals surface area (Å²) in [6.07, 6.45) is 3.23. The minimum absolute atomic E-state index is 0.368. The van der Waals surface area contributed by atoms with Crippen LogP contribution in [0.4, 0.5) is 0 Å².